The van der Waals surface area contributed by atoms with E-state index in [4.69, 9.17) is 0 Å². The normalized spacial score (nSPS) is 13.8. The van der Waals surface area contributed by atoms with Crippen molar-refractivity contribution in [2.24, 2.45) is 0 Å². The molecule has 2 aromatic rings. The van der Waals surface area contributed by atoms with Crippen LogP contribution < -0.4 is 0 Å². The Morgan fingerprint density at radius 3 is 2.24 bits per heavy atom. The Morgan fingerprint density at radius 2 is 1.67 bits per heavy atom. The van der Waals surface area contributed by atoms with Crippen molar-refractivity contribution in [1.29, 1.82) is 0 Å². The lowest BCUT2D eigenvalue weighted by Gasteiger charge is -2.16. The molecule has 1 aliphatic rings. The summed E-state index contributed by atoms with van der Waals surface area (Å²) in [4.78, 5) is 26.0. The fraction of sp³-hybridized carbons (Fsp3) is 0.125. The van der Waals surface area contributed by atoms with E-state index in [2.05, 4.69) is 38.5 Å². The van der Waals surface area contributed by atoms with E-state index in [-0.39, 0.29) is 18.4 Å². The van der Waals surface area contributed by atoms with Crippen molar-refractivity contribution in [3.05, 3.63) is 66.7 Å². The number of fused-ring (bicyclic) bond motifs is 1. The maximum Gasteiger partial charge on any atom is 0.261 e. The summed E-state index contributed by atoms with van der Waals surface area (Å²) in [6.45, 7) is 2.31. The second-order valence-electron chi connectivity index (χ2n) is 4.93. The van der Waals surface area contributed by atoms with Crippen molar-refractivity contribution in [3.63, 3.8) is 0 Å². The Morgan fingerprint density at radius 1 is 1.10 bits per heavy atom. The maximum absolute atomic E-state index is 12.4. The molecule has 0 spiro atoms. The van der Waals surface area contributed by atoms with Crippen LogP contribution >= 0.6 is 38.5 Å². The molecule has 0 aliphatic carbocycles. The lowest BCUT2D eigenvalue weighted by molar-refractivity contribution is 0.0642. The van der Waals surface area contributed by atoms with Gasteiger partial charge in [0.05, 0.1) is 17.7 Å². The predicted octanol–water partition coefficient (Wildman–Crippen LogP) is 4.16. The third-order valence-electron chi connectivity index (χ3n) is 3.53. The zero-order valence-electron chi connectivity index (χ0n) is 11.2. The average molecular weight is 456 g/mol. The zero-order chi connectivity index (χ0) is 15.1. The Labute approximate surface area is 144 Å². The minimum atomic E-state index is -0.224. The van der Waals surface area contributed by atoms with Crippen molar-refractivity contribution < 1.29 is 9.59 Å². The summed E-state index contributed by atoms with van der Waals surface area (Å²) in [7, 11) is 0. The Bertz CT molecular complexity index is 738. The number of carbonyl (C=O) groups excluding carboxylic acids is 2. The highest BCUT2D eigenvalue weighted by Crippen LogP contribution is 2.28. The summed E-state index contributed by atoms with van der Waals surface area (Å²) in [6.07, 6.45) is 0. The number of carbonyl (C=O) groups is 2. The number of benzene rings is 2. The molecule has 0 aromatic heterocycles. The first-order valence-corrected chi connectivity index (χ1v) is 8.26. The van der Waals surface area contributed by atoms with Gasteiger partial charge in [-0.3, -0.25) is 14.5 Å². The molecule has 5 heteroatoms. The van der Waals surface area contributed by atoms with Gasteiger partial charge in [-0.15, -0.1) is 0 Å². The summed E-state index contributed by atoms with van der Waals surface area (Å²) >= 11 is 5.77. The summed E-state index contributed by atoms with van der Waals surface area (Å²) < 4.78 is 2.03. The molecule has 1 aliphatic heterocycles. The van der Waals surface area contributed by atoms with E-state index in [0.717, 1.165) is 19.2 Å². The highest BCUT2D eigenvalue weighted by atomic mass is 127. The second-order valence-corrected chi connectivity index (χ2v) is 6.95. The van der Waals surface area contributed by atoms with Gasteiger partial charge in [-0.2, -0.15) is 0 Å². The Balaban J connectivity index is 1.96. The Kier molecular flexibility index (Phi) is 3.88. The van der Waals surface area contributed by atoms with Crippen molar-refractivity contribution in [2.75, 3.05) is 0 Å². The van der Waals surface area contributed by atoms with E-state index in [0.29, 0.717) is 11.1 Å². The van der Waals surface area contributed by atoms with Gasteiger partial charge in [-0.1, -0.05) is 28.1 Å². The molecule has 1 heterocycles. The van der Waals surface area contributed by atoms with Gasteiger partial charge in [0.2, 0.25) is 0 Å². The fourth-order valence-corrected chi connectivity index (χ4v) is 3.48. The van der Waals surface area contributed by atoms with Gasteiger partial charge in [-0.05, 0) is 64.9 Å². The van der Waals surface area contributed by atoms with E-state index in [9.17, 15) is 9.59 Å². The van der Waals surface area contributed by atoms with Gasteiger partial charge in [0, 0.05) is 8.04 Å². The lowest BCUT2D eigenvalue weighted by Crippen LogP contribution is -2.29. The van der Waals surface area contributed by atoms with Crippen LogP contribution in [0.4, 0.5) is 0 Å². The van der Waals surface area contributed by atoms with Crippen molar-refractivity contribution in [1.82, 2.24) is 4.90 Å². The van der Waals surface area contributed by atoms with Crippen LogP contribution in [0.5, 0.6) is 0 Å². The number of nitrogens with zero attached hydrogens (tertiary/aromatic N) is 1. The Hall–Kier alpha value is -1.21. The molecule has 0 unspecified atom stereocenters. The third kappa shape index (κ3) is 2.53. The minimum absolute atomic E-state index is 0.224. The average Bonchev–Trinajstić information content (AvgIpc) is 2.70. The van der Waals surface area contributed by atoms with Crippen LogP contribution in [0, 0.1) is 10.5 Å². The number of halogens is 2. The van der Waals surface area contributed by atoms with E-state index in [1.165, 1.54) is 4.90 Å². The van der Waals surface area contributed by atoms with Crippen molar-refractivity contribution in [2.45, 2.75) is 13.5 Å². The van der Waals surface area contributed by atoms with Crippen LogP contribution in [-0.4, -0.2) is 16.7 Å². The summed E-state index contributed by atoms with van der Waals surface area (Å²) in [5, 5.41) is 0. The molecule has 21 heavy (non-hydrogen) atoms. The van der Waals surface area contributed by atoms with Crippen LogP contribution in [0.2, 0.25) is 0 Å². The molecule has 106 valence electrons. The standard InChI is InChI=1S/C16H11BrINO2/c1-9-6-13(17)10(7-14(9)18)8-19-15(20)11-4-2-3-5-12(11)16(19)21/h2-7H,8H2,1H3. The third-order valence-corrected chi connectivity index (χ3v) is 5.43. The van der Waals surface area contributed by atoms with Gasteiger partial charge in [0.15, 0.2) is 0 Å². The molecule has 3 nitrogen and oxygen atoms in total. The maximum atomic E-state index is 12.4. The number of amides is 2. The zero-order valence-corrected chi connectivity index (χ0v) is 14.9. The van der Waals surface area contributed by atoms with E-state index >= 15 is 0 Å². The molecule has 0 N–H and O–H groups in total. The SMILES string of the molecule is Cc1cc(Br)c(CN2C(=O)c3ccccc3C2=O)cc1I. The number of aryl methyl sites for hydroxylation is 1. The summed E-state index contributed by atoms with van der Waals surface area (Å²) in [5.41, 5.74) is 3.06. The number of rotatable bonds is 2. The first-order chi connectivity index (χ1) is 9.99. The van der Waals surface area contributed by atoms with Crippen LogP contribution in [0.15, 0.2) is 40.9 Å². The fourth-order valence-electron chi connectivity index (χ4n) is 2.36. The molecule has 0 saturated heterocycles. The topological polar surface area (TPSA) is 37.4 Å². The lowest BCUT2D eigenvalue weighted by atomic mass is 10.1. The molecular formula is C16H11BrINO2. The minimum Gasteiger partial charge on any atom is -0.270 e. The van der Waals surface area contributed by atoms with Gasteiger partial charge in [0.1, 0.15) is 0 Å². The van der Waals surface area contributed by atoms with Crippen LogP contribution in [-0.2, 0) is 6.54 Å². The number of hydrogen-bond donors (Lipinski definition) is 0. The van der Waals surface area contributed by atoms with Gasteiger partial charge in [-0.25, -0.2) is 0 Å². The highest BCUT2D eigenvalue weighted by Gasteiger charge is 2.35. The number of hydrogen-bond acceptors (Lipinski definition) is 2. The summed E-state index contributed by atoms with van der Waals surface area (Å²) in [6, 6.07) is 11.0. The monoisotopic (exact) mass is 455 g/mol. The van der Waals surface area contributed by atoms with Gasteiger partial charge >= 0.3 is 0 Å². The summed E-state index contributed by atoms with van der Waals surface area (Å²) in [5.74, 6) is -0.448. The van der Waals surface area contributed by atoms with Crippen LogP contribution in [0.1, 0.15) is 31.8 Å². The molecule has 0 radical (unpaired) electrons. The van der Waals surface area contributed by atoms with Crippen molar-refractivity contribution in [3.8, 4) is 0 Å². The number of imide groups is 1. The van der Waals surface area contributed by atoms with E-state index in [1.54, 1.807) is 24.3 Å². The molecule has 2 aromatic carbocycles. The molecule has 3 rings (SSSR count). The molecule has 2 amide bonds. The first kappa shape index (κ1) is 14.7. The molecule has 0 saturated carbocycles. The largest absolute Gasteiger partial charge is 0.270 e. The van der Waals surface area contributed by atoms with Crippen LogP contribution in [0.25, 0.3) is 0 Å². The van der Waals surface area contributed by atoms with Crippen LogP contribution in [0.3, 0.4) is 0 Å². The first-order valence-electron chi connectivity index (χ1n) is 6.39. The smallest absolute Gasteiger partial charge is 0.261 e. The second kappa shape index (κ2) is 5.53. The molecule has 0 atom stereocenters. The predicted molar refractivity (Wildman–Crippen MR) is 92.2 cm³/mol. The van der Waals surface area contributed by atoms with Gasteiger partial charge < -0.3 is 0 Å². The highest BCUT2D eigenvalue weighted by molar-refractivity contribution is 14.1. The quantitative estimate of drug-likeness (QED) is 0.503. The van der Waals surface area contributed by atoms with Gasteiger partial charge in [0.25, 0.3) is 11.8 Å². The molecular weight excluding hydrogens is 445 g/mol. The molecule has 0 bridgehead atoms. The van der Waals surface area contributed by atoms with E-state index < -0.39 is 0 Å². The molecule has 0 fully saturated rings. The van der Waals surface area contributed by atoms with E-state index in [1.807, 2.05) is 19.1 Å². The van der Waals surface area contributed by atoms with Crippen molar-refractivity contribution >= 4 is 50.3 Å².